The second-order valence-corrected chi connectivity index (χ2v) is 8.06. The zero-order chi connectivity index (χ0) is 19.4. The molecule has 8 nitrogen and oxygen atoms in total. The molecule has 0 saturated carbocycles. The number of ether oxygens (including phenoxy) is 1. The molecule has 1 aliphatic heterocycles. The molecule has 2 heterocycles. The van der Waals surface area contributed by atoms with Gasteiger partial charge in [-0.25, -0.2) is 9.59 Å². The number of nitrogen functional groups attached to an aromatic ring is 1. The lowest BCUT2D eigenvalue weighted by Crippen LogP contribution is -2.46. The molecule has 0 aliphatic carbocycles. The number of nitrogens with one attached hydrogen (secondary N) is 2. The van der Waals surface area contributed by atoms with E-state index in [0.29, 0.717) is 31.5 Å². The Bertz CT molecular complexity index is 884. The molecule has 27 heavy (non-hydrogen) atoms. The van der Waals surface area contributed by atoms with E-state index in [4.69, 9.17) is 22.1 Å². The fourth-order valence-corrected chi connectivity index (χ4v) is 4.23. The van der Waals surface area contributed by atoms with Crippen LogP contribution >= 0.6 is 34.7 Å². The summed E-state index contributed by atoms with van der Waals surface area (Å²) in [5.74, 6) is -0.197. The molecular weight excluding hydrogens is 410 g/mol. The highest BCUT2D eigenvalue weighted by atomic mass is 35.5. The van der Waals surface area contributed by atoms with Crippen molar-refractivity contribution in [2.75, 3.05) is 18.1 Å². The van der Waals surface area contributed by atoms with Gasteiger partial charge in [-0.1, -0.05) is 46.8 Å². The maximum absolute atomic E-state index is 12.6. The minimum absolute atomic E-state index is 0.219. The van der Waals surface area contributed by atoms with Gasteiger partial charge in [0, 0.05) is 16.5 Å². The van der Waals surface area contributed by atoms with Gasteiger partial charge in [0.05, 0.1) is 18.2 Å². The van der Waals surface area contributed by atoms with Crippen molar-refractivity contribution in [2.45, 2.75) is 17.3 Å². The van der Waals surface area contributed by atoms with Crippen LogP contribution in [0.2, 0.25) is 5.02 Å². The van der Waals surface area contributed by atoms with Gasteiger partial charge in [0.25, 0.3) is 0 Å². The Labute approximate surface area is 168 Å². The largest absolute Gasteiger partial charge is 0.463 e. The van der Waals surface area contributed by atoms with Crippen LogP contribution in [0, 0.1) is 0 Å². The number of anilines is 1. The summed E-state index contributed by atoms with van der Waals surface area (Å²) >= 11 is 8.50. The monoisotopic (exact) mass is 425 g/mol. The second-order valence-electron chi connectivity index (χ2n) is 5.39. The van der Waals surface area contributed by atoms with Gasteiger partial charge < -0.3 is 21.1 Å². The van der Waals surface area contributed by atoms with Crippen LogP contribution < -0.4 is 16.4 Å². The summed E-state index contributed by atoms with van der Waals surface area (Å²) in [5.41, 5.74) is 7.10. The number of rotatable bonds is 6. The summed E-state index contributed by atoms with van der Waals surface area (Å²) in [5, 5.41) is 14.1. The zero-order valence-corrected chi connectivity index (χ0v) is 16.6. The number of hydrogen-bond donors (Lipinski definition) is 3. The highest BCUT2D eigenvalue weighted by molar-refractivity contribution is 8.01. The highest BCUT2D eigenvalue weighted by Crippen LogP contribution is 2.32. The van der Waals surface area contributed by atoms with Crippen LogP contribution in [0.5, 0.6) is 0 Å². The van der Waals surface area contributed by atoms with Crippen molar-refractivity contribution >= 4 is 51.8 Å². The van der Waals surface area contributed by atoms with Crippen molar-refractivity contribution < 1.29 is 14.3 Å². The van der Waals surface area contributed by atoms with Crippen molar-refractivity contribution in [2.24, 2.45) is 0 Å². The zero-order valence-electron chi connectivity index (χ0n) is 14.2. The average Bonchev–Trinajstić information content (AvgIpc) is 3.05. The average molecular weight is 426 g/mol. The van der Waals surface area contributed by atoms with E-state index in [1.807, 2.05) is 0 Å². The number of esters is 1. The van der Waals surface area contributed by atoms with E-state index in [1.54, 1.807) is 31.2 Å². The molecule has 0 fully saturated rings. The number of hydrogen-bond acceptors (Lipinski definition) is 8. The molecule has 4 N–H and O–H groups in total. The molecule has 0 bridgehead atoms. The third-order valence-electron chi connectivity index (χ3n) is 3.61. The van der Waals surface area contributed by atoms with Crippen LogP contribution in [-0.2, 0) is 9.53 Å². The number of urea groups is 1. The third-order valence-corrected chi connectivity index (χ3v) is 5.78. The summed E-state index contributed by atoms with van der Waals surface area (Å²) < 4.78 is 5.85. The first-order chi connectivity index (χ1) is 13.0. The van der Waals surface area contributed by atoms with Gasteiger partial charge in [0.15, 0.2) is 4.34 Å². The number of nitrogens with zero attached hydrogens (tertiary/aromatic N) is 2. The van der Waals surface area contributed by atoms with E-state index in [-0.39, 0.29) is 6.61 Å². The van der Waals surface area contributed by atoms with Gasteiger partial charge in [-0.05, 0) is 24.6 Å². The molecule has 0 spiro atoms. The first kappa shape index (κ1) is 19.5. The van der Waals surface area contributed by atoms with Gasteiger partial charge in [0.1, 0.15) is 0 Å². The molecule has 1 aliphatic rings. The van der Waals surface area contributed by atoms with E-state index in [1.165, 1.54) is 23.1 Å². The Kier molecular flexibility index (Phi) is 6.19. The minimum Gasteiger partial charge on any atom is -0.463 e. The molecule has 142 valence electrons. The lowest BCUT2D eigenvalue weighted by atomic mass is 9.95. The lowest BCUT2D eigenvalue weighted by molar-refractivity contribution is -0.139. The van der Waals surface area contributed by atoms with Gasteiger partial charge in [-0.3, -0.25) is 0 Å². The van der Waals surface area contributed by atoms with Crippen LogP contribution in [0.15, 0.2) is 39.9 Å². The number of aromatic nitrogens is 2. The molecule has 1 aromatic heterocycles. The van der Waals surface area contributed by atoms with Crippen LogP contribution in [0.1, 0.15) is 18.5 Å². The molecule has 0 radical (unpaired) electrons. The van der Waals surface area contributed by atoms with Crippen LogP contribution in [0.4, 0.5) is 9.93 Å². The number of carbonyl (C=O) groups excluding carboxylic acids is 2. The smallest absolute Gasteiger partial charge is 0.338 e. The first-order valence-corrected chi connectivity index (χ1v) is 10.1. The van der Waals surface area contributed by atoms with Crippen LogP contribution in [-0.4, -0.2) is 34.6 Å². The Balaban J connectivity index is 1.96. The molecule has 0 saturated heterocycles. The van der Waals surface area contributed by atoms with Crippen LogP contribution in [0.25, 0.3) is 0 Å². The standard InChI is InChI=1S/C16H16ClN5O3S2/c1-2-25-13(23)11-10(7-26-16-22-21-14(18)27-16)19-15(24)20-12(11)8-3-5-9(17)6-4-8/h3-6,12H,2,7H2,1H3,(H2,18,21)(H2,19,20,24). The summed E-state index contributed by atoms with van der Waals surface area (Å²) in [6.45, 7) is 1.94. The molecule has 1 atom stereocenters. The van der Waals surface area contributed by atoms with E-state index in [9.17, 15) is 9.59 Å². The van der Waals surface area contributed by atoms with E-state index in [0.717, 1.165) is 5.56 Å². The van der Waals surface area contributed by atoms with Crippen molar-refractivity contribution in [3.63, 3.8) is 0 Å². The Morgan fingerprint density at radius 2 is 2.11 bits per heavy atom. The normalized spacial score (nSPS) is 16.7. The summed E-state index contributed by atoms with van der Waals surface area (Å²) in [7, 11) is 0. The lowest BCUT2D eigenvalue weighted by Gasteiger charge is -2.29. The number of nitrogens with two attached hydrogens (primary N) is 1. The van der Waals surface area contributed by atoms with Crippen LogP contribution in [0.3, 0.4) is 0 Å². The highest BCUT2D eigenvalue weighted by Gasteiger charge is 2.33. The predicted octanol–water partition coefficient (Wildman–Crippen LogP) is 2.74. The third kappa shape index (κ3) is 4.71. The van der Waals surface area contributed by atoms with E-state index >= 15 is 0 Å². The van der Waals surface area contributed by atoms with Gasteiger partial charge in [0.2, 0.25) is 5.13 Å². The van der Waals surface area contributed by atoms with Crippen molar-refractivity contribution in [1.82, 2.24) is 20.8 Å². The quantitative estimate of drug-likeness (QED) is 0.480. The van der Waals surface area contributed by atoms with Gasteiger partial charge >= 0.3 is 12.0 Å². The number of thioether (sulfide) groups is 1. The Morgan fingerprint density at radius 3 is 2.74 bits per heavy atom. The van der Waals surface area contributed by atoms with Crippen molar-refractivity contribution in [1.29, 1.82) is 0 Å². The summed E-state index contributed by atoms with van der Waals surface area (Å²) in [6.07, 6.45) is 0. The first-order valence-electron chi connectivity index (χ1n) is 7.93. The van der Waals surface area contributed by atoms with Gasteiger partial charge in [-0.2, -0.15) is 0 Å². The topological polar surface area (TPSA) is 119 Å². The summed E-state index contributed by atoms with van der Waals surface area (Å²) in [6, 6.07) is 5.86. The molecule has 11 heteroatoms. The molecular formula is C16H16ClN5O3S2. The fourth-order valence-electron chi connectivity index (χ4n) is 2.50. The van der Waals surface area contributed by atoms with Crippen molar-refractivity contribution in [3.8, 4) is 0 Å². The number of carbonyl (C=O) groups is 2. The number of benzene rings is 1. The minimum atomic E-state index is -0.648. The fraction of sp³-hybridized carbons (Fsp3) is 0.250. The Morgan fingerprint density at radius 1 is 1.37 bits per heavy atom. The van der Waals surface area contributed by atoms with E-state index < -0.39 is 18.0 Å². The Hall–Kier alpha value is -2.30. The SMILES string of the molecule is CCOC(=O)C1=C(CSc2nnc(N)s2)NC(=O)NC1c1ccc(Cl)cc1. The molecule has 2 aromatic rings. The van der Waals surface area contributed by atoms with E-state index in [2.05, 4.69) is 20.8 Å². The van der Waals surface area contributed by atoms with Crippen molar-refractivity contribution in [3.05, 3.63) is 46.1 Å². The maximum Gasteiger partial charge on any atom is 0.338 e. The number of amides is 2. The molecule has 3 rings (SSSR count). The molecule has 1 unspecified atom stereocenters. The molecule has 1 aromatic carbocycles. The van der Waals surface area contributed by atoms with Gasteiger partial charge in [-0.15, -0.1) is 10.2 Å². The predicted molar refractivity (Wildman–Crippen MR) is 105 cm³/mol. The second kappa shape index (κ2) is 8.59. The number of halogens is 1. The maximum atomic E-state index is 12.6. The molecule has 2 amide bonds. The summed E-state index contributed by atoms with van der Waals surface area (Å²) in [4.78, 5) is 24.8.